The highest BCUT2D eigenvalue weighted by Gasteiger charge is 2.15. The van der Waals surface area contributed by atoms with Gasteiger partial charge in [-0.05, 0) is 18.4 Å². The van der Waals surface area contributed by atoms with E-state index in [1.165, 1.54) is 16.5 Å². The Labute approximate surface area is 96.2 Å². The average molecular weight is 217 g/mol. The molecule has 0 aliphatic rings. The van der Waals surface area contributed by atoms with Crippen LogP contribution in [0.3, 0.4) is 0 Å². The maximum Gasteiger partial charge on any atom is 0.0729 e. The van der Waals surface area contributed by atoms with E-state index in [4.69, 9.17) is 5.73 Å². The van der Waals surface area contributed by atoms with E-state index in [0.29, 0.717) is 5.92 Å². The van der Waals surface area contributed by atoms with Gasteiger partial charge < -0.3 is 5.73 Å². The Morgan fingerprint density at radius 1 is 1.25 bits per heavy atom. The average Bonchev–Trinajstić information content (AvgIpc) is 2.56. The quantitative estimate of drug-likeness (QED) is 0.840. The van der Waals surface area contributed by atoms with Gasteiger partial charge >= 0.3 is 0 Å². The standard InChI is InChI=1S/C13H19N3/c1-8(2)12-11-7-5-6-10(9(3)14)13(11)16(4)15-12/h5-9H,14H2,1-4H3. The maximum absolute atomic E-state index is 5.99. The van der Waals surface area contributed by atoms with E-state index in [9.17, 15) is 0 Å². The summed E-state index contributed by atoms with van der Waals surface area (Å²) >= 11 is 0. The predicted octanol–water partition coefficient (Wildman–Crippen LogP) is 2.72. The highest BCUT2D eigenvalue weighted by atomic mass is 15.3. The van der Waals surface area contributed by atoms with Gasteiger partial charge in [0.15, 0.2) is 0 Å². The monoisotopic (exact) mass is 217 g/mol. The van der Waals surface area contributed by atoms with Crippen LogP contribution in [-0.4, -0.2) is 9.78 Å². The van der Waals surface area contributed by atoms with Crippen LogP contribution in [0.5, 0.6) is 0 Å². The Kier molecular flexibility index (Phi) is 2.72. The van der Waals surface area contributed by atoms with Gasteiger partial charge in [0.05, 0.1) is 11.2 Å². The van der Waals surface area contributed by atoms with Crippen molar-refractivity contribution in [1.29, 1.82) is 0 Å². The van der Waals surface area contributed by atoms with Crippen molar-refractivity contribution in [2.75, 3.05) is 0 Å². The van der Waals surface area contributed by atoms with Gasteiger partial charge in [-0.15, -0.1) is 0 Å². The second-order valence-electron chi connectivity index (χ2n) is 4.70. The number of hydrogen-bond donors (Lipinski definition) is 1. The molecule has 2 rings (SSSR count). The number of para-hydroxylation sites is 1. The molecule has 1 heterocycles. The fourth-order valence-corrected chi connectivity index (χ4v) is 2.19. The molecule has 16 heavy (non-hydrogen) atoms. The number of nitrogens with zero attached hydrogens (tertiary/aromatic N) is 2. The fraction of sp³-hybridized carbons (Fsp3) is 0.462. The molecule has 1 unspecified atom stereocenters. The van der Waals surface area contributed by atoms with Crippen molar-refractivity contribution < 1.29 is 0 Å². The first-order valence-corrected chi connectivity index (χ1v) is 5.73. The van der Waals surface area contributed by atoms with E-state index in [0.717, 1.165) is 5.69 Å². The summed E-state index contributed by atoms with van der Waals surface area (Å²) in [6, 6.07) is 6.32. The number of aryl methyl sites for hydroxylation is 1. The molecule has 3 heteroatoms. The lowest BCUT2D eigenvalue weighted by Crippen LogP contribution is -2.07. The molecule has 3 nitrogen and oxygen atoms in total. The summed E-state index contributed by atoms with van der Waals surface area (Å²) in [7, 11) is 1.99. The third-order valence-electron chi connectivity index (χ3n) is 2.96. The van der Waals surface area contributed by atoms with E-state index in [1.807, 2.05) is 18.7 Å². The van der Waals surface area contributed by atoms with Crippen LogP contribution >= 0.6 is 0 Å². The first-order chi connectivity index (χ1) is 7.52. The van der Waals surface area contributed by atoms with Crippen molar-refractivity contribution in [2.45, 2.75) is 32.7 Å². The first-order valence-electron chi connectivity index (χ1n) is 5.73. The van der Waals surface area contributed by atoms with Crippen LogP contribution in [0.25, 0.3) is 10.9 Å². The summed E-state index contributed by atoms with van der Waals surface area (Å²) in [6.07, 6.45) is 0. The van der Waals surface area contributed by atoms with Crippen LogP contribution < -0.4 is 5.73 Å². The molecule has 0 radical (unpaired) electrons. The number of benzene rings is 1. The SMILES string of the molecule is CC(C)c1nn(C)c2c(C(C)N)cccc12. The maximum atomic E-state index is 5.99. The minimum atomic E-state index is 0.0408. The van der Waals surface area contributed by atoms with Gasteiger partial charge in [0.25, 0.3) is 0 Å². The molecule has 0 saturated carbocycles. The number of hydrogen-bond acceptors (Lipinski definition) is 2. The van der Waals surface area contributed by atoms with Crippen molar-refractivity contribution in [3.63, 3.8) is 0 Å². The molecule has 0 aliphatic carbocycles. The van der Waals surface area contributed by atoms with Gasteiger partial charge in [-0.2, -0.15) is 5.10 Å². The number of fused-ring (bicyclic) bond motifs is 1. The molecular weight excluding hydrogens is 198 g/mol. The van der Waals surface area contributed by atoms with Gasteiger partial charge in [0.1, 0.15) is 0 Å². The summed E-state index contributed by atoms with van der Waals surface area (Å²) < 4.78 is 1.95. The van der Waals surface area contributed by atoms with Crippen LogP contribution in [0.4, 0.5) is 0 Å². The summed E-state index contributed by atoms with van der Waals surface area (Å²) in [5.41, 5.74) is 9.48. The third-order valence-corrected chi connectivity index (χ3v) is 2.96. The summed E-state index contributed by atoms with van der Waals surface area (Å²) in [6.45, 7) is 6.34. The highest BCUT2D eigenvalue weighted by molar-refractivity contribution is 5.85. The molecule has 0 bridgehead atoms. The Balaban J connectivity index is 2.79. The van der Waals surface area contributed by atoms with E-state index in [2.05, 4.69) is 37.1 Å². The number of aromatic nitrogens is 2. The lowest BCUT2D eigenvalue weighted by Gasteiger charge is -2.08. The van der Waals surface area contributed by atoms with Crippen LogP contribution in [0.1, 0.15) is 44.0 Å². The van der Waals surface area contributed by atoms with Crippen LogP contribution in [0, 0.1) is 0 Å². The summed E-state index contributed by atoms with van der Waals surface area (Å²) in [5.74, 6) is 0.437. The second kappa shape index (κ2) is 3.91. The van der Waals surface area contributed by atoms with Crippen LogP contribution in [-0.2, 0) is 7.05 Å². The van der Waals surface area contributed by atoms with E-state index in [-0.39, 0.29) is 6.04 Å². The third kappa shape index (κ3) is 1.61. The van der Waals surface area contributed by atoms with Crippen LogP contribution in [0.2, 0.25) is 0 Å². The summed E-state index contributed by atoms with van der Waals surface area (Å²) in [4.78, 5) is 0. The molecule has 0 amide bonds. The molecular formula is C13H19N3. The minimum Gasteiger partial charge on any atom is -0.324 e. The molecule has 0 saturated heterocycles. The fourth-order valence-electron chi connectivity index (χ4n) is 2.19. The molecule has 2 aromatic rings. The van der Waals surface area contributed by atoms with Crippen molar-refractivity contribution in [3.8, 4) is 0 Å². The number of nitrogens with two attached hydrogens (primary N) is 1. The van der Waals surface area contributed by atoms with E-state index < -0.39 is 0 Å². The van der Waals surface area contributed by atoms with Gasteiger partial charge in [0.2, 0.25) is 0 Å². The Morgan fingerprint density at radius 3 is 2.50 bits per heavy atom. The van der Waals surface area contributed by atoms with Gasteiger partial charge in [0, 0.05) is 18.5 Å². The zero-order valence-corrected chi connectivity index (χ0v) is 10.4. The van der Waals surface area contributed by atoms with Crippen molar-refractivity contribution in [1.82, 2.24) is 9.78 Å². The smallest absolute Gasteiger partial charge is 0.0729 e. The predicted molar refractivity (Wildman–Crippen MR) is 67.4 cm³/mol. The van der Waals surface area contributed by atoms with E-state index >= 15 is 0 Å². The number of rotatable bonds is 2. The largest absolute Gasteiger partial charge is 0.324 e. The van der Waals surface area contributed by atoms with Crippen LogP contribution in [0.15, 0.2) is 18.2 Å². The Hall–Kier alpha value is -1.35. The van der Waals surface area contributed by atoms with Crippen molar-refractivity contribution in [2.24, 2.45) is 12.8 Å². The molecule has 1 atom stereocenters. The normalized spacial score (nSPS) is 13.6. The Morgan fingerprint density at radius 2 is 1.94 bits per heavy atom. The minimum absolute atomic E-state index is 0.0408. The van der Waals surface area contributed by atoms with Gasteiger partial charge in [-0.25, -0.2) is 0 Å². The molecule has 1 aromatic carbocycles. The highest BCUT2D eigenvalue weighted by Crippen LogP contribution is 2.28. The topological polar surface area (TPSA) is 43.8 Å². The lowest BCUT2D eigenvalue weighted by atomic mass is 10.0. The van der Waals surface area contributed by atoms with Gasteiger partial charge in [-0.3, -0.25) is 4.68 Å². The molecule has 0 spiro atoms. The first kappa shape index (κ1) is 11.1. The van der Waals surface area contributed by atoms with Gasteiger partial charge in [-0.1, -0.05) is 32.0 Å². The lowest BCUT2D eigenvalue weighted by molar-refractivity contribution is 0.721. The zero-order chi connectivity index (χ0) is 11.9. The van der Waals surface area contributed by atoms with Crippen molar-refractivity contribution >= 4 is 10.9 Å². The molecule has 2 N–H and O–H groups in total. The van der Waals surface area contributed by atoms with E-state index in [1.54, 1.807) is 0 Å². The zero-order valence-electron chi connectivity index (χ0n) is 10.4. The second-order valence-corrected chi connectivity index (χ2v) is 4.70. The molecule has 0 aliphatic heterocycles. The van der Waals surface area contributed by atoms with Crippen molar-refractivity contribution in [3.05, 3.63) is 29.5 Å². The molecule has 0 fully saturated rings. The summed E-state index contributed by atoms with van der Waals surface area (Å²) in [5, 5.41) is 5.82. The molecule has 1 aromatic heterocycles. The molecule has 86 valence electrons. The Bertz CT molecular complexity index is 509.